The van der Waals surface area contributed by atoms with E-state index in [4.69, 9.17) is 4.42 Å². The van der Waals surface area contributed by atoms with Crippen LogP contribution in [0.1, 0.15) is 16.1 Å². The third kappa shape index (κ3) is 3.01. The number of hydrogen-bond donors (Lipinski definition) is 1. The quantitative estimate of drug-likeness (QED) is 0.804. The van der Waals surface area contributed by atoms with Gasteiger partial charge in [-0.3, -0.25) is 9.78 Å². The van der Waals surface area contributed by atoms with Crippen LogP contribution in [0.3, 0.4) is 0 Å². The van der Waals surface area contributed by atoms with Crippen LogP contribution in [0.5, 0.6) is 0 Å². The Kier molecular flexibility index (Phi) is 3.91. The molecule has 0 saturated carbocycles. The van der Waals surface area contributed by atoms with Crippen molar-refractivity contribution in [2.24, 2.45) is 0 Å². The summed E-state index contributed by atoms with van der Waals surface area (Å²) in [4.78, 5) is 20.1. The Morgan fingerprint density at radius 3 is 2.95 bits per heavy atom. The van der Waals surface area contributed by atoms with Crippen molar-refractivity contribution in [2.75, 3.05) is 0 Å². The standard InChI is InChI=1S/C16H12FN3O2/c17-13-5-1-4-12(7-13)15-14(20-10-22-15)16(21)19-9-11-3-2-6-18-8-11/h1-8,10H,9H2,(H,19,21). The summed E-state index contributed by atoms with van der Waals surface area (Å²) in [5.74, 6) is -0.560. The molecule has 0 aliphatic carbocycles. The minimum Gasteiger partial charge on any atom is -0.443 e. The van der Waals surface area contributed by atoms with Crippen LogP contribution < -0.4 is 5.32 Å². The van der Waals surface area contributed by atoms with Gasteiger partial charge in [0, 0.05) is 24.5 Å². The number of nitrogens with zero attached hydrogens (tertiary/aromatic N) is 2. The number of pyridine rings is 1. The van der Waals surface area contributed by atoms with Gasteiger partial charge >= 0.3 is 0 Å². The van der Waals surface area contributed by atoms with Crippen molar-refractivity contribution in [2.45, 2.75) is 6.54 Å². The van der Waals surface area contributed by atoms with Crippen molar-refractivity contribution < 1.29 is 13.6 Å². The SMILES string of the molecule is O=C(NCc1cccnc1)c1ncoc1-c1cccc(F)c1. The molecule has 0 saturated heterocycles. The van der Waals surface area contributed by atoms with Crippen LogP contribution in [0, 0.1) is 5.82 Å². The smallest absolute Gasteiger partial charge is 0.274 e. The minimum absolute atomic E-state index is 0.120. The highest BCUT2D eigenvalue weighted by Gasteiger charge is 2.18. The second kappa shape index (κ2) is 6.17. The number of halogens is 1. The van der Waals surface area contributed by atoms with E-state index in [1.807, 2.05) is 6.07 Å². The number of aromatic nitrogens is 2. The molecule has 22 heavy (non-hydrogen) atoms. The number of hydrogen-bond acceptors (Lipinski definition) is 4. The Morgan fingerprint density at radius 1 is 1.27 bits per heavy atom. The lowest BCUT2D eigenvalue weighted by molar-refractivity contribution is 0.0946. The third-order valence-electron chi connectivity index (χ3n) is 3.05. The molecule has 0 aliphatic rings. The molecule has 3 aromatic rings. The monoisotopic (exact) mass is 297 g/mol. The molecule has 2 aromatic heterocycles. The van der Waals surface area contributed by atoms with Crippen LogP contribution in [0.4, 0.5) is 4.39 Å². The maximum absolute atomic E-state index is 13.3. The molecule has 110 valence electrons. The average molecular weight is 297 g/mol. The van der Waals surface area contributed by atoms with Crippen molar-refractivity contribution in [1.29, 1.82) is 0 Å². The van der Waals surface area contributed by atoms with E-state index < -0.39 is 11.7 Å². The summed E-state index contributed by atoms with van der Waals surface area (Å²) in [5, 5.41) is 2.73. The van der Waals surface area contributed by atoms with E-state index in [1.165, 1.54) is 18.5 Å². The molecular formula is C16H12FN3O2. The molecule has 0 atom stereocenters. The van der Waals surface area contributed by atoms with Gasteiger partial charge in [0.05, 0.1) is 0 Å². The molecule has 1 N–H and O–H groups in total. The van der Waals surface area contributed by atoms with Crippen molar-refractivity contribution in [3.63, 3.8) is 0 Å². The number of rotatable bonds is 4. The molecule has 0 radical (unpaired) electrons. The first-order valence-electron chi connectivity index (χ1n) is 6.60. The fourth-order valence-corrected chi connectivity index (χ4v) is 2.01. The van der Waals surface area contributed by atoms with Crippen LogP contribution in [-0.4, -0.2) is 15.9 Å². The van der Waals surface area contributed by atoms with Gasteiger partial charge in [0.2, 0.25) is 0 Å². The van der Waals surface area contributed by atoms with Crippen LogP contribution in [-0.2, 0) is 6.54 Å². The maximum Gasteiger partial charge on any atom is 0.274 e. The van der Waals surface area contributed by atoms with Gasteiger partial charge in [-0.15, -0.1) is 0 Å². The van der Waals surface area contributed by atoms with Gasteiger partial charge in [-0.25, -0.2) is 9.37 Å². The van der Waals surface area contributed by atoms with Gasteiger partial charge in [-0.2, -0.15) is 0 Å². The van der Waals surface area contributed by atoms with Crippen LogP contribution in [0.15, 0.2) is 59.6 Å². The molecular weight excluding hydrogens is 285 g/mol. The van der Waals surface area contributed by atoms with Crippen LogP contribution in [0.25, 0.3) is 11.3 Å². The maximum atomic E-state index is 13.3. The Balaban J connectivity index is 1.78. The number of nitrogens with one attached hydrogen (secondary N) is 1. The fourth-order valence-electron chi connectivity index (χ4n) is 2.01. The van der Waals surface area contributed by atoms with E-state index in [9.17, 15) is 9.18 Å². The number of oxazole rings is 1. The number of carbonyl (C=O) groups excluding carboxylic acids is 1. The molecule has 2 heterocycles. The van der Waals surface area contributed by atoms with Crippen LogP contribution in [0.2, 0.25) is 0 Å². The first-order valence-corrected chi connectivity index (χ1v) is 6.60. The molecule has 1 aromatic carbocycles. The number of carbonyl (C=O) groups is 1. The lowest BCUT2D eigenvalue weighted by Crippen LogP contribution is -2.23. The Labute approximate surface area is 125 Å². The van der Waals surface area contributed by atoms with Crippen molar-refractivity contribution in [1.82, 2.24) is 15.3 Å². The predicted molar refractivity (Wildman–Crippen MR) is 77.3 cm³/mol. The Bertz CT molecular complexity index is 787. The van der Waals surface area contributed by atoms with E-state index >= 15 is 0 Å². The highest BCUT2D eigenvalue weighted by atomic mass is 19.1. The summed E-state index contributed by atoms with van der Waals surface area (Å²) in [6.45, 7) is 0.322. The van der Waals surface area contributed by atoms with Crippen LogP contribution >= 0.6 is 0 Å². The second-order valence-corrected chi connectivity index (χ2v) is 4.58. The highest BCUT2D eigenvalue weighted by Crippen LogP contribution is 2.23. The topological polar surface area (TPSA) is 68.0 Å². The van der Waals surface area contributed by atoms with Gasteiger partial charge in [-0.1, -0.05) is 18.2 Å². The van der Waals surface area contributed by atoms with Crippen molar-refractivity contribution in [3.8, 4) is 11.3 Å². The van der Waals surface area contributed by atoms with Gasteiger partial charge in [-0.05, 0) is 23.8 Å². The van der Waals surface area contributed by atoms with E-state index in [0.29, 0.717) is 12.1 Å². The average Bonchev–Trinajstić information content (AvgIpc) is 3.03. The van der Waals surface area contributed by atoms with E-state index in [0.717, 1.165) is 5.56 Å². The molecule has 1 amide bonds. The van der Waals surface area contributed by atoms with Crippen molar-refractivity contribution in [3.05, 3.63) is 72.3 Å². The van der Waals surface area contributed by atoms with Gasteiger partial charge in [0.25, 0.3) is 5.91 Å². The molecule has 0 unspecified atom stereocenters. The zero-order valence-electron chi connectivity index (χ0n) is 11.5. The Hall–Kier alpha value is -3.02. The lowest BCUT2D eigenvalue weighted by atomic mass is 10.1. The third-order valence-corrected chi connectivity index (χ3v) is 3.05. The van der Waals surface area contributed by atoms with Gasteiger partial charge in [0.15, 0.2) is 17.8 Å². The minimum atomic E-state index is -0.407. The van der Waals surface area contributed by atoms with E-state index in [2.05, 4.69) is 15.3 Å². The summed E-state index contributed by atoms with van der Waals surface area (Å²) >= 11 is 0. The Morgan fingerprint density at radius 2 is 2.18 bits per heavy atom. The molecule has 6 heteroatoms. The fraction of sp³-hybridized carbons (Fsp3) is 0.0625. The van der Waals surface area contributed by atoms with Gasteiger partial charge < -0.3 is 9.73 Å². The summed E-state index contributed by atoms with van der Waals surface area (Å²) < 4.78 is 18.5. The summed E-state index contributed by atoms with van der Waals surface area (Å²) in [6, 6.07) is 9.45. The summed E-state index contributed by atoms with van der Waals surface area (Å²) in [5.41, 5.74) is 1.45. The summed E-state index contributed by atoms with van der Waals surface area (Å²) in [7, 11) is 0. The zero-order chi connectivity index (χ0) is 15.4. The molecule has 0 spiro atoms. The summed E-state index contributed by atoms with van der Waals surface area (Å²) in [6.07, 6.45) is 4.49. The van der Waals surface area contributed by atoms with Crippen molar-refractivity contribution >= 4 is 5.91 Å². The molecule has 5 nitrogen and oxygen atoms in total. The number of amides is 1. The second-order valence-electron chi connectivity index (χ2n) is 4.58. The highest BCUT2D eigenvalue weighted by molar-refractivity contribution is 5.97. The van der Waals surface area contributed by atoms with E-state index in [-0.39, 0.29) is 11.5 Å². The molecule has 0 aliphatic heterocycles. The largest absolute Gasteiger partial charge is 0.443 e. The lowest BCUT2D eigenvalue weighted by Gasteiger charge is -2.04. The van der Waals surface area contributed by atoms with Gasteiger partial charge in [0.1, 0.15) is 5.82 Å². The first-order chi connectivity index (χ1) is 10.7. The molecule has 0 fully saturated rings. The number of benzene rings is 1. The first kappa shape index (κ1) is 13.9. The molecule has 0 bridgehead atoms. The predicted octanol–water partition coefficient (Wildman–Crippen LogP) is 2.81. The molecule has 3 rings (SSSR count). The normalized spacial score (nSPS) is 10.4. The zero-order valence-corrected chi connectivity index (χ0v) is 11.5. The van der Waals surface area contributed by atoms with E-state index in [1.54, 1.807) is 30.6 Å².